The smallest absolute Gasteiger partial charge is 0.683 e. The predicted molar refractivity (Wildman–Crippen MR) is 162 cm³/mol. The summed E-state index contributed by atoms with van der Waals surface area (Å²) >= 11 is 0. The number of hydrogen-bond donors (Lipinski definition) is 0. The Hall–Kier alpha value is -2.45. The zero-order chi connectivity index (χ0) is 28.0. The van der Waals surface area contributed by atoms with E-state index in [9.17, 15) is 0 Å². The molecule has 7 heteroatoms. The van der Waals surface area contributed by atoms with Gasteiger partial charge < -0.3 is 19.9 Å². The van der Waals surface area contributed by atoms with Gasteiger partial charge in [0.25, 0.3) is 0 Å². The first-order valence-corrected chi connectivity index (χ1v) is 13.0. The van der Waals surface area contributed by atoms with Gasteiger partial charge in [-0.25, -0.2) is 0 Å². The molecule has 1 aromatic carbocycles. The number of nitrogens with zero attached hydrogens (tertiary/aromatic N) is 6. The molecule has 0 saturated heterocycles. The molecule has 3 heterocycles. The molecule has 0 atom stereocenters. The molecule has 0 N–H and O–H groups in total. The van der Waals surface area contributed by atoms with Crippen LogP contribution in [0, 0.1) is 54.7 Å². The number of aryl methyl sites for hydroxylation is 2. The van der Waals surface area contributed by atoms with Gasteiger partial charge in [0, 0.05) is 30.4 Å². The summed E-state index contributed by atoms with van der Waals surface area (Å²) in [6.07, 6.45) is 7.15. The van der Waals surface area contributed by atoms with Gasteiger partial charge in [0.2, 0.25) is 0 Å². The molecule has 0 spiro atoms. The van der Waals surface area contributed by atoms with Gasteiger partial charge in [0.05, 0.1) is 11.1 Å². The summed E-state index contributed by atoms with van der Waals surface area (Å²) in [5.41, 5.74) is 5.53. The molecule has 0 saturated carbocycles. The summed E-state index contributed by atoms with van der Waals surface area (Å²) < 4.78 is 2.30. The van der Waals surface area contributed by atoms with Crippen molar-refractivity contribution in [2.24, 2.45) is 9.98 Å². The first kappa shape index (κ1) is 34.6. The van der Waals surface area contributed by atoms with E-state index in [1.807, 2.05) is 54.6 Å². The van der Waals surface area contributed by atoms with Crippen LogP contribution in [-0.2, 0) is 6.54 Å². The van der Waals surface area contributed by atoms with E-state index in [0.29, 0.717) is 0 Å². The predicted octanol–water partition coefficient (Wildman–Crippen LogP) is 7.53. The molecule has 1 radical (unpaired) electrons. The second kappa shape index (κ2) is 17.3. The van der Waals surface area contributed by atoms with E-state index in [2.05, 4.69) is 97.4 Å². The Kier molecular flexibility index (Phi) is 15.3. The molecule has 0 unspecified atom stereocenters. The van der Waals surface area contributed by atoms with Crippen LogP contribution in [0.5, 0.6) is 0 Å². The van der Waals surface area contributed by atoms with Crippen LogP contribution < -0.4 is 9.97 Å². The van der Waals surface area contributed by atoms with Gasteiger partial charge in [-0.15, -0.1) is 23.6 Å². The SMILES string of the molecule is CC(C)(C)N=Cc1ccc[n-]1.CC(C)(C)N=Cc1ccc[n-]1.Cc1ccc(C)n1CC[N-]c1ccccc1.[Nd+3]. The number of para-hydroxylation sites is 1. The monoisotopic (exact) mass is 653 g/mol. The third kappa shape index (κ3) is 15.7. The van der Waals surface area contributed by atoms with E-state index in [-0.39, 0.29) is 51.9 Å². The fourth-order valence-corrected chi connectivity index (χ4v) is 3.16. The molecule has 205 valence electrons. The standard InChI is InChI=1S/C14H17N2.2C9H13N2.Nd/c1-12-8-9-13(2)16(12)11-10-15-14-6-4-3-5-7-14;2*1-9(2,3)11-7-8-5-4-6-10-8;/h3-9H,10-11H2,1-2H3;2*4-7H,1-3H3;/q3*-1;+3. The number of benzene rings is 1. The van der Waals surface area contributed by atoms with Crippen molar-refractivity contribution in [1.29, 1.82) is 0 Å². The van der Waals surface area contributed by atoms with E-state index in [4.69, 9.17) is 0 Å². The third-order valence-corrected chi connectivity index (χ3v) is 5.11. The van der Waals surface area contributed by atoms with Crippen LogP contribution in [0.3, 0.4) is 0 Å². The fraction of sp³-hybridized carbons (Fsp3) is 0.375. The van der Waals surface area contributed by atoms with Crippen LogP contribution in [0.15, 0.2) is 89.1 Å². The van der Waals surface area contributed by atoms with E-state index in [0.717, 1.165) is 30.2 Å². The Morgan fingerprint density at radius 2 is 1.15 bits per heavy atom. The Balaban J connectivity index is 0.000000297. The molecule has 0 amide bonds. The summed E-state index contributed by atoms with van der Waals surface area (Å²) in [4.78, 5) is 16.8. The van der Waals surface area contributed by atoms with Crippen molar-refractivity contribution in [2.75, 3.05) is 6.54 Å². The molecule has 0 aliphatic carbocycles. The summed E-state index contributed by atoms with van der Waals surface area (Å²) in [6.45, 7) is 18.4. The summed E-state index contributed by atoms with van der Waals surface area (Å²) in [6, 6.07) is 22.1. The molecule has 0 bridgehead atoms. The van der Waals surface area contributed by atoms with Crippen molar-refractivity contribution < 1.29 is 40.8 Å². The van der Waals surface area contributed by atoms with Gasteiger partial charge in [0.1, 0.15) is 0 Å². The Morgan fingerprint density at radius 1 is 0.692 bits per heavy atom. The summed E-state index contributed by atoms with van der Waals surface area (Å²) in [7, 11) is 0. The molecule has 39 heavy (non-hydrogen) atoms. The van der Waals surface area contributed by atoms with E-state index < -0.39 is 0 Å². The fourth-order valence-electron chi connectivity index (χ4n) is 3.16. The number of aliphatic imine (C=N–C) groups is 2. The minimum absolute atomic E-state index is 0. The van der Waals surface area contributed by atoms with Crippen molar-refractivity contribution >= 4 is 18.1 Å². The number of rotatable bonds is 6. The molecule has 0 aliphatic heterocycles. The first-order chi connectivity index (χ1) is 17.9. The number of hydrogen-bond acceptors (Lipinski definition) is 2. The van der Waals surface area contributed by atoms with Crippen LogP contribution in [0.1, 0.15) is 64.3 Å². The quantitative estimate of drug-likeness (QED) is 0.202. The Bertz CT molecular complexity index is 1130. The topological polar surface area (TPSA) is 72.0 Å². The van der Waals surface area contributed by atoms with E-state index >= 15 is 0 Å². The maximum atomic E-state index is 4.54. The van der Waals surface area contributed by atoms with Gasteiger partial charge >= 0.3 is 40.8 Å². The van der Waals surface area contributed by atoms with Crippen LogP contribution in [0.2, 0.25) is 0 Å². The average molecular weight is 656 g/mol. The van der Waals surface area contributed by atoms with Crippen LogP contribution in [-0.4, -0.2) is 34.6 Å². The summed E-state index contributed by atoms with van der Waals surface area (Å²) in [5.74, 6) is 0. The van der Waals surface area contributed by atoms with E-state index in [1.54, 1.807) is 24.8 Å². The van der Waals surface area contributed by atoms with Gasteiger partial charge in [-0.3, -0.25) is 9.98 Å². The van der Waals surface area contributed by atoms with Crippen molar-refractivity contribution in [1.82, 2.24) is 14.5 Å². The minimum Gasteiger partial charge on any atom is -0.683 e. The van der Waals surface area contributed by atoms with Crippen LogP contribution in [0.4, 0.5) is 5.69 Å². The van der Waals surface area contributed by atoms with Crippen LogP contribution >= 0.6 is 0 Å². The molecule has 4 aromatic rings. The average Bonchev–Trinajstić information content (AvgIpc) is 3.62. The van der Waals surface area contributed by atoms with E-state index in [1.165, 1.54) is 11.4 Å². The first-order valence-electron chi connectivity index (χ1n) is 13.0. The molecule has 0 aliphatic rings. The van der Waals surface area contributed by atoms with Crippen molar-refractivity contribution in [3.63, 3.8) is 0 Å². The number of aromatic nitrogens is 3. The third-order valence-electron chi connectivity index (χ3n) is 5.11. The molecule has 0 fully saturated rings. The molecule has 6 nitrogen and oxygen atoms in total. The van der Waals surface area contributed by atoms with Crippen molar-refractivity contribution in [3.8, 4) is 0 Å². The van der Waals surface area contributed by atoms with Crippen molar-refractivity contribution in [3.05, 3.63) is 107 Å². The van der Waals surface area contributed by atoms with Crippen molar-refractivity contribution in [2.45, 2.75) is 73.0 Å². The molecule has 4 rings (SSSR count). The van der Waals surface area contributed by atoms with Gasteiger partial charge in [-0.2, -0.15) is 12.4 Å². The van der Waals surface area contributed by atoms with Gasteiger partial charge in [0.15, 0.2) is 0 Å². The summed E-state index contributed by atoms with van der Waals surface area (Å²) in [5, 5.41) is 4.54. The largest absolute Gasteiger partial charge is 3.00 e. The normalized spacial score (nSPS) is 11.4. The zero-order valence-corrected chi connectivity index (χ0v) is 28.0. The maximum absolute atomic E-state index is 4.54. The second-order valence-corrected chi connectivity index (χ2v) is 11.0. The minimum atomic E-state index is -0.00104. The Morgan fingerprint density at radius 3 is 1.54 bits per heavy atom. The van der Waals surface area contributed by atoms with Gasteiger partial charge in [-0.1, -0.05) is 54.6 Å². The van der Waals surface area contributed by atoms with Gasteiger partial charge in [-0.05, 0) is 67.5 Å². The zero-order valence-electron chi connectivity index (χ0n) is 24.8. The maximum Gasteiger partial charge on any atom is 3.00 e. The molecular weight excluding hydrogens is 613 g/mol. The van der Waals surface area contributed by atoms with Crippen LogP contribution in [0.25, 0.3) is 5.32 Å². The molecular formula is C32H43N6Nd. The second-order valence-electron chi connectivity index (χ2n) is 11.0. The molecule has 3 aromatic heterocycles. The Labute approximate surface area is 268 Å².